The van der Waals surface area contributed by atoms with Crippen LogP contribution in [0.5, 0.6) is 0 Å². The number of aromatic nitrogens is 2. The lowest BCUT2D eigenvalue weighted by atomic mass is 9.84. The number of carbonyl (C=O) groups excluding carboxylic acids is 1. The Hall–Kier alpha value is -2.64. The van der Waals surface area contributed by atoms with Crippen LogP contribution < -0.4 is 9.62 Å². The van der Waals surface area contributed by atoms with Crippen LogP contribution in [-0.4, -0.2) is 68.2 Å². The van der Waals surface area contributed by atoms with Gasteiger partial charge in [0, 0.05) is 55.5 Å². The monoisotopic (exact) mass is 559 g/mol. The zero-order chi connectivity index (χ0) is 28.5. The van der Waals surface area contributed by atoms with E-state index in [2.05, 4.69) is 14.7 Å². The maximum absolute atomic E-state index is 14.9. The third kappa shape index (κ3) is 6.67. The summed E-state index contributed by atoms with van der Waals surface area (Å²) in [5, 5.41) is 0. The summed E-state index contributed by atoms with van der Waals surface area (Å²) in [5.74, 6) is -0.524. The van der Waals surface area contributed by atoms with Crippen molar-refractivity contribution in [1.82, 2.24) is 19.6 Å². The van der Waals surface area contributed by atoms with Crippen molar-refractivity contribution in [2.45, 2.75) is 63.6 Å². The summed E-state index contributed by atoms with van der Waals surface area (Å²) in [4.78, 5) is 24.0. The smallest absolute Gasteiger partial charge is 0.419 e. The molecule has 1 aliphatic heterocycles. The summed E-state index contributed by atoms with van der Waals surface area (Å²) in [6, 6.07) is 3.83. The number of hydrogen-bond acceptors (Lipinski definition) is 7. The molecule has 2 aromatic rings. The lowest BCUT2D eigenvalue weighted by Crippen LogP contribution is -2.59. The van der Waals surface area contributed by atoms with Gasteiger partial charge in [0.25, 0.3) is 0 Å². The minimum Gasteiger partial charge on any atom is -0.598 e. The van der Waals surface area contributed by atoms with Gasteiger partial charge in [-0.2, -0.15) is 13.2 Å². The largest absolute Gasteiger partial charge is 0.598 e. The molecule has 3 rings (SSSR count). The molecule has 38 heavy (non-hydrogen) atoms. The van der Waals surface area contributed by atoms with Crippen LogP contribution in [0, 0.1) is 5.82 Å². The molecular weight excluding hydrogens is 526 g/mol. The molecular formula is C25H33F4N5O3S. The summed E-state index contributed by atoms with van der Waals surface area (Å²) in [7, 11) is 0. The first-order valence-corrected chi connectivity index (χ1v) is 13.2. The normalized spacial score (nSPS) is 17.7. The molecule has 0 spiro atoms. The van der Waals surface area contributed by atoms with Crippen molar-refractivity contribution >= 4 is 23.4 Å². The van der Waals surface area contributed by atoms with Gasteiger partial charge in [-0.15, -0.1) is 4.72 Å². The lowest BCUT2D eigenvalue weighted by Gasteiger charge is -2.39. The first kappa shape index (κ1) is 29.9. The molecule has 2 atom stereocenters. The summed E-state index contributed by atoms with van der Waals surface area (Å²) in [6.45, 7) is 11.3. The van der Waals surface area contributed by atoms with E-state index in [1.54, 1.807) is 51.3 Å². The van der Waals surface area contributed by atoms with Gasteiger partial charge in [-0.3, -0.25) is 0 Å². The second kappa shape index (κ2) is 10.9. The van der Waals surface area contributed by atoms with Crippen LogP contribution in [0.2, 0.25) is 0 Å². The number of nitrogens with zero attached hydrogens (tertiary/aromatic N) is 4. The molecule has 1 saturated heterocycles. The van der Waals surface area contributed by atoms with E-state index in [9.17, 15) is 26.9 Å². The second-order valence-corrected chi connectivity index (χ2v) is 12.9. The fourth-order valence-electron chi connectivity index (χ4n) is 3.76. The predicted octanol–water partition coefficient (Wildman–Crippen LogP) is 4.53. The van der Waals surface area contributed by atoms with Crippen molar-refractivity contribution in [2.24, 2.45) is 0 Å². The Labute approximate surface area is 223 Å². The van der Waals surface area contributed by atoms with Gasteiger partial charge in [0.15, 0.2) is 0 Å². The topological polar surface area (TPSA) is 93.7 Å². The summed E-state index contributed by atoms with van der Waals surface area (Å²) in [6.07, 6.45) is -3.37. The van der Waals surface area contributed by atoms with E-state index in [0.717, 1.165) is 36.7 Å². The van der Waals surface area contributed by atoms with Crippen molar-refractivity contribution in [2.75, 3.05) is 31.1 Å². The highest BCUT2D eigenvalue weighted by Gasteiger charge is 2.61. The van der Waals surface area contributed by atoms with Crippen LogP contribution >= 0.6 is 0 Å². The van der Waals surface area contributed by atoms with Crippen molar-refractivity contribution in [3.8, 4) is 0 Å². The third-order valence-corrected chi connectivity index (χ3v) is 7.39. The molecule has 1 aliphatic rings. The standard InChI is InChI=1S/C25H33F4N5O3S/c1-22(2,3)37-21(35)34-13-11-33(12-14-34)20-30-15-18(16-31-20)24(25(27,28)29,32-38(36)23(4,5)6)17-7-9-19(26)10-8-17/h7-10,15-16,32H,11-14H2,1-6H3/t24?,38-/m1/s1. The number of piperazine rings is 1. The van der Waals surface area contributed by atoms with E-state index in [0.29, 0.717) is 26.2 Å². The van der Waals surface area contributed by atoms with Gasteiger partial charge in [-0.1, -0.05) is 12.1 Å². The molecule has 8 nitrogen and oxygen atoms in total. The highest BCUT2D eigenvalue weighted by Crippen LogP contribution is 2.45. The molecule has 2 heterocycles. The molecule has 1 aromatic heterocycles. The molecule has 1 unspecified atom stereocenters. The summed E-state index contributed by atoms with van der Waals surface area (Å²) >= 11 is -2.16. The zero-order valence-electron chi connectivity index (χ0n) is 22.2. The second-order valence-electron chi connectivity index (χ2n) is 11.0. The molecule has 210 valence electrons. The van der Waals surface area contributed by atoms with E-state index in [1.165, 1.54) is 0 Å². The average Bonchev–Trinajstić information content (AvgIpc) is 2.81. The number of anilines is 1. The SMILES string of the molecule is CC(C)(C)OC(=O)N1CCN(c2ncc(C(N[S@+]([O-])C(C)(C)C)(c3ccc(F)cc3)C(F)(F)F)cn2)CC1. The van der Waals surface area contributed by atoms with Crippen LogP contribution in [0.3, 0.4) is 0 Å². The molecule has 0 bridgehead atoms. The van der Waals surface area contributed by atoms with Crippen LogP contribution in [0.15, 0.2) is 36.7 Å². The van der Waals surface area contributed by atoms with Gasteiger partial charge >= 0.3 is 12.3 Å². The van der Waals surface area contributed by atoms with Gasteiger partial charge in [0.05, 0.1) is 0 Å². The fourth-order valence-corrected chi connectivity index (χ4v) is 4.69. The number of amides is 1. The number of halogens is 4. The lowest BCUT2D eigenvalue weighted by molar-refractivity contribution is -0.182. The number of benzene rings is 1. The van der Waals surface area contributed by atoms with Crippen molar-refractivity contribution in [1.29, 1.82) is 0 Å². The number of rotatable bonds is 5. The Morgan fingerprint density at radius 3 is 1.92 bits per heavy atom. The highest BCUT2D eigenvalue weighted by atomic mass is 32.2. The fraction of sp³-hybridized carbons (Fsp3) is 0.560. The first-order chi connectivity index (χ1) is 17.4. The Kier molecular flexibility index (Phi) is 8.54. The molecule has 1 fully saturated rings. The van der Waals surface area contributed by atoms with Crippen molar-refractivity contribution in [3.05, 3.63) is 53.6 Å². The third-order valence-electron chi connectivity index (χ3n) is 5.79. The van der Waals surface area contributed by atoms with Gasteiger partial charge in [-0.05, 0) is 59.2 Å². The zero-order valence-corrected chi connectivity index (χ0v) is 23.0. The van der Waals surface area contributed by atoms with Crippen molar-refractivity contribution < 1.29 is 31.6 Å². The van der Waals surface area contributed by atoms with E-state index < -0.39 is 50.9 Å². The molecule has 1 N–H and O–H groups in total. The summed E-state index contributed by atoms with van der Waals surface area (Å²) in [5.41, 5.74) is -4.35. The molecule has 1 aromatic carbocycles. The minimum atomic E-state index is -4.99. The van der Waals surface area contributed by atoms with E-state index in [-0.39, 0.29) is 11.5 Å². The first-order valence-electron chi connectivity index (χ1n) is 12.0. The molecule has 1 amide bonds. The van der Waals surface area contributed by atoms with Crippen LogP contribution in [0.4, 0.5) is 28.3 Å². The number of hydrogen-bond donors (Lipinski definition) is 1. The average molecular weight is 560 g/mol. The predicted molar refractivity (Wildman–Crippen MR) is 136 cm³/mol. The number of ether oxygens (including phenoxy) is 1. The number of nitrogens with one attached hydrogen (secondary N) is 1. The molecule has 0 saturated carbocycles. The maximum Gasteiger partial charge on any atom is 0.419 e. The Balaban J connectivity index is 1.92. The van der Waals surface area contributed by atoms with Gasteiger partial charge in [0.1, 0.15) is 16.2 Å². The van der Waals surface area contributed by atoms with Crippen LogP contribution in [0.1, 0.15) is 52.7 Å². The van der Waals surface area contributed by atoms with Gasteiger partial charge in [-0.25, -0.2) is 19.2 Å². The maximum atomic E-state index is 14.9. The van der Waals surface area contributed by atoms with Gasteiger partial charge < -0.3 is 19.1 Å². The Bertz CT molecular complexity index is 1100. The van der Waals surface area contributed by atoms with E-state index in [1.807, 2.05) is 0 Å². The summed E-state index contributed by atoms with van der Waals surface area (Å²) < 4.78 is 77.8. The minimum absolute atomic E-state index is 0.185. The molecule has 0 radical (unpaired) electrons. The number of carbonyl (C=O) groups is 1. The quantitative estimate of drug-likeness (QED) is 0.425. The molecule has 0 aliphatic carbocycles. The van der Waals surface area contributed by atoms with Crippen LogP contribution in [-0.2, 0) is 21.6 Å². The Morgan fingerprint density at radius 1 is 0.947 bits per heavy atom. The van der Waals surface area contributed by atoms with E-state index >= 15 is 0 Å². The number of alkyl halides is 3. The van der Waals surface area contributed by atoms with E-state index in [4.69, 9.17) is 4.74 Å². The van der Waals surface area contributed by atoms with Gasteiger partial charge in [0.2, 0.25) is 11.5 Å². The Morgan fingerprint density at radius 2 is 1.47 bits per heavy atom. The molecule has 13 heteroatoms. The van der Waals surface area contributed by atoms with Crippen LogP contribution in [0.25, 0.3) is 0 Å². The highest BCUT2D eigenvalue weighted by molar-refractivity contribution is 7.90. The van der Waals surface area contributed by atoms with Crippen molar-refractivity contribution in [3.63, 3.8) is 0 Å².